The lowest BCUT2D eigenvalue weighted by Gasteiger charge is -2.30. The number of rotatable bonds is 6. The zero-order valence-corrected chi connectivity index (χ0v) is 11.2. The fraction of sp³-hybridized carbons (Fsp3) is 1.00. The second-order valence-corrected chi connectivity index (χ2v) is 5.58. The van der Waals surface area contributed by atoms with E-state index in [1.807, 2.05) is 0 Å². The Morgan fingerprint density at radius 1 is 1.35 bits per heavy atom. The van der Waals surface area contributed by atoms with E-state index in [-0.39, 0.29) is 0 Å². The predicted octanol–water partition coefficient (Wildman–Crippen LogP) is 1.92. The maximum Gasteiger partial charge on any atom is 0.0588 e. The van der Waals surface area contributed by atoms with Crippen LogP contribution in [0.25, 0.3) is 0 Å². The summed E-state index contributed by atoms with van der Waals surface area (Å²) in [5, 5.41) is 7.20. The van der Waals surface area contributed by atoms with E-state index < -0.39 is 0 Å². The van der Waals surface area contributed by atoms with Crippen LogP contribution in [-0.4, -0.2) is 38.4 Å². The van der Waals surface area contributed by atoms with Gasteiger partial charge in [-0.3, -0.25) is 0 Å². The van der Waals surface area contributed by atoms with Crippen molar-refractivity contribution < 1.29 is 4.74 Å². The van der Waals surface area contributed by atoms with Gasteiger partial charge in [0.2, 0.25) is 0 Å². The molecule has 0 bridgehead atoms. The summed E-state index contributed by atoms with van der Waals surface area (Å²) in [6.07, 6.45) is 8.30. The molecule has 3 atom stereocenters. The van der Waals surface area contributed by atoms with Gasteiger partial charge in [-0.05, 0) is 51.1 Å². The van der Waals surface area contributed by atoms with Gasteiger partial charge in [0.05, 0.1) is 6.10 Å². The molecular formula is C14H28N2O. The molecule has 0 radical (unpaired) electrons. The van der Waals surface area contributed by atoms with Crippen LogP contribution in [0.2, 0.25) is 0 Å². The van der Waals surface area contributed by atoms with Crippen molar-refractivity contribution in [3.8, 4) is 0 Å². The maximum atomic E-state index is 5.62. The number of nitrogens with one attached hydrogen (secondary N) is 2. The van der Waals surface area contributed by atoms with E-state index in [1.54, 1.807) is 0 Å². The van der Waals surface area contributed by atoms with E-state index in [4.69, 9.17) is 4.74 Å². The Hall–Kier alpha value is -0.120. The van der Waals surface area contributed by atoms with Crippen LogP contribution in [0.3, 0.4) is 0 Å². The summed E-state index contributed by atoms with van der Waals surface area (Å²) in [5.41, 5.74) is 0. The molecular weight excluding hydrogens is 212 g/mol. The Labute approximate surface area is 106 Å². The summed E-state index contributed by atoms with van der Waals surface area (Å²) in [4.78, 5) is 0. The molecule has 3 nitrogen and oxygen atoms in total. The first-order valence-electron chi connectivity index (χ1n) is 7.44. The fourth-order valence-electron chi connectivity index (χ4n) is 3.03. The maximum absolute atomic E-state index is 5.62. The summed E-state index contributed by atoms with van der Waals surface area (Å²) in [5.74, 6) is 0.946. The highest BCUT2D eigenvalue weighted by atomic mass is 16.5. The van der Waals surface area contributed by atoms with Crippen LogP contribution < -0.4 is 10.6 Å². The molecule has 0 aliphatic carbocycles. The Balaban J connectivity index is 1.52. The molecule has 2 aliphatic rings. The molecule has 3 heteroatoms. The molecule has 2 rings (SSSR count). The van der Waals surface area contributed by atoms with E-state index in [9.17, 15) is 0 Å². The first kappa shape index (κ1) is 13.3. The predicted molar refractivity (Wildman–Crippen MR) is 71.3 cm³/mol. The highest BCUT2D eigenvalue weighted by Crippen LogP contribution is 2.19. The van der Waals surface area contributed by atoms with Gasteiger partial charge in [0.1, 0.15) is 0 Å². The molecule has 0 aromatic carbocycles. The van der Waals surface area contributed by atoms with Crippen LogP contribution in [0.4, 0.5) is 0 Å². The van der Waals surface area contributed by atoms with Crippen molar-refractivity contribution in [1.29, 1.82) is 0 Å². The molecule has 2 aliphatic heterocycles. The number of ether oxygens (including phenoxy) is 1. The van der Waals surface area contributed by atoms with E-state index in [2.05, 4.69) is 17.6 Å². The lowest BCUT2D eigenvalue weighted by Crippen LogP contribution is -2.44. The molecule has 0 aromatic heterocycles. The van der Waals surface area contributed by atoms with Crippen LogP contribution >= 0.6 is 0 Å². The minimum absolute atomic E-state index is 0.533. The minimum atomic E-state index is 0.533. The minimum Gasteiger partial charge on any atom is -0.378 e. The van der Waals surface area contributed by atoms with Crippen molar-refractivity contribution in [2.24, 2.45) is 5.92 Å². The van der Waals surface area contributed by atoms with E-state index >= 15 is 0 Å². The molecule has 0 saturated carbocycles. The smallest absolute Gasteiger partial charge is 0.0588 e. The zero-order valence-electron chi connectivity index (χ0n) is 11.2. The van der Waals surface area contributed by atoms with Crippen molar-refractivity contribution in [2.45, 2.75) is 57.6 Å². The molecule has 2 saturated heterocycles. The molecule has 2 heterocycles. The van der Waals surface area contributed by atoms with Crippen LogP contribution in [-0.2, 0) is 4.74 Å². The van der Waals surface area contributed by atoms with Crippen molar-refractivity contribution >= 4 is 0 Å². The quantitative estimate of drug-likeness (QED) is 0.696. The topological polar surface area (TPSA) is 33.3 Å². The highest BCUT2D eigenvalue weighted by molar-refractivity contribution is 4.79. The van der Waals surface area contributed by atoms with E-state index in [1.165, 1.54) is 45.1 Å². The van der Waals surface area contributed by atoms with Crippen LogP contribution in [0.1, 0.15) is 45.4 Å². The molecule has 0 aromatic rings. The monoisotopic (exact) mass is 240 g/mol. The average molecular weight is 240 g/mol. The summed E-state index contributed by atoms with van der Waals surface area (Å²) < 4.78 is 5.62. The summed E-state index contributed by atoms with van der Waals surface area (Å²) in [6, 6.07) is 0.693. The molecule has 0 amide bonds. The molecule has 100 valence electrons. The summed E-state index contributed by atoms with van der Waals surface area (Å²) in [7, 11) is 0. The van der Waals surface area contributed by atoms with Gasteiger partial charge < -0.3 is 15.4 Å². The number of hydrogen-bond donors (Lipinski definition) is 2. The standard InChI is InChI=1S/C14H28N2O/c1-2-12-5-8-16-13(10-12)11-15-7-6-14-4-3-9-17-14/h12-16H,2-11H2,1H3. The number of hydrogen-bond acceptors (Lipinski definition) is 3. The Bertz CT molecular complexity index is 204. The summed E-state index contributed by atoms with van der Waals surface area (Å²) in [6.45, 7) is 6.74. The third-order valence-corrected chi connectivity index (χ3v) is 4.24. The van der Waals surface area contributed by atoms with Gasteiger partial charge in [0.25, 0.3) is 0 Å². The second kappa shape index (κ2) is 7.34. The molecule has 17 heavy (non-hydrogen) atoms. The van der Waals surface area contributed by atoms with E-state index in [0.717, 1.165) is 25.6 Å². The van der Waals surface area contributed by atoms with E-state index in [0.29, 0.717) is 12.1 Å². The molecule has 2 fully saturated rings. The SMILES string of the molecule is CCC1CCNC(CNCCC2CCCO2)C1. The van der Waals surface area contributed by atoms with Gasteiger partial charge in [-0.25, -0.2) is 0 Å². The van der Waals surface area contributed by atoms with Gasteiger partial charge >= 0.3 is 0 Å². The fourth-order valence-corrected chi connectivity index (χ4v) is 3.03. The molecule has 0 spiro atoms. The third kappa shape index (κ3) is 4.57. The molecule has 3 unspecified atom stereocenters. The van der Waals surface area contributed by atoms with Crippen LogP contribution in [0.5, 0.6) is 0 Å². The third-order valence-electron chi connectivity index (χ3n) is 4.24. The summed E-state index contributed by atoms with van der Waals surface area (Å²) >= 11 is 0. The van der Waals surface area contributed by atoms with Gasteiger partial charge in [-0.15, -0.1) is 0 Å². The Kier molecular flexibility index (Phi) is 5.75. The van der Waals surface area contributed by atoms with Crippen molar-refractivity contribution in [2.75, 3.05) is 26.2 Å². The van der Waals surface area contributed by atoms with Gasteiger partial charge in [-0.2, -0.15) is 0 Å². The van der Waals surface area contributed by atoms with Crippen LogP contribution in [0.15, 0.2) is 0 Å². The highest BCUT2D eigenvalue weighted by Gasteiger charge is 2.20. The van der Waals surface area contributed by atoms with Crippen LogP contribution in [0, 0.1) is 5.92 Å². The lowest BCUT2D eigenvalue weighted by atomic mass is 9.90. The van der Waals surface area contributed by atoms with Crippen molar-refractivity contribution in [1.82, 2.24) is 10.6 Å². The van der Waals surface area contributed by atoms with Crippen molar-refractivity contribution in [3.63, 3.8) is 0 Å². The van der Waals surface area contributed by atoms with Gasteiger partial charge in [0, 0.05) is 19.2 Å². The van der Waals surface area contributed by atoms with Gasteiger partial charge in [0.15, 0.2) is 0 Å². The Morgan fingerprint density at radius 3 is 3.06 bits per heavy atom. The second-order valence-electron chi connectivity index (χ2n) is 5.58. The molecule has 2 N–H and O–H groups in total. The first-order chi connectivity index (χ1) is 8.38. The first-order valence-corrected chi connectivity index (χ1v) is 7.44. The lowest BCUT2D eigenvalue weighted by molar-refractivity contribution is 0.104. The zero-order chi connectivity index (χ0) is 11.9. The van der Waals surface area contributed by atoms with Gasteiger partial charge in [-0.1, -0.05) is 13.3 Å². The average Bonchev–Trinajstić information content (AvgIpc) is 2.88. The normalized spacial score (nSPS) is 34.1. The Morgan fingerprint density at radius 2 is 2.29 bits per heavy atom. The number of piperidine rings is 1. The van der Waals surface area contributed by atoms with Crippen molar-refractivity contribution in [3.05, 3.63) is 0 Å². The largest absolute Gasteiger partial charge is 0.378 e.